The molecule has 7 nitrogen and oxygen atoms in total. The van der Waals surface area contributed by atoms with Gasteiger partial charge in [-0.2, -0.15) is 11.8 Å². The molecule has 0 radical (unpaired) electrons. The van der Waals surface area contributed by atoms with E-state index >= 15 is 0 Å². The molecule has 0 aromatic rings. The van der Waals surface area contributed by atoms with E-state index in [1.54, 1.807) is 11.9 Å². The molecule has 1 rings (SSSR count). The summed E-state index contributed by atoms with van der Waals surface area (Å²) >= 11 is 1.84. The Morgan fingerprint density at radius 1 is 1.11 bits per heavy atom. The number of carbonyl (C=O) groups excluding carboxylic acids is 1. The van der Waals surface area contributed by atoms with Crippen LogP contribution in [0.1, 0.15) is 41.0 Å². The molecular formula is C19H39N5O2S. The van der Waals surface area contributed by atoms with Crippen LogP contribution in [0.15, 0.2) is 4.99 Å². The maximum atomic E-state index is 12.1. The lowest BCUT2D eigenvalue weighted by atomic mass is 10.2. The van der Waals surface area contributed by atoms with E-state index in [9.17, 15) is 4.79 Å². The summed E-state index contributed by atoms with van der Waals surface area (Å²) in [6.07, 6.45) is 2.96. The van der Waals surface area contributed by atoms with Gasteiger partial charge in [0.1, 0.15) is 5.60 Å². The zero-order valence-corrected chi connectivity index (χ0v) is 19.0. The second-order valence-electron chi connectivity index (χ2n) is 8.48. The number of rotatable bonds is 7. The maximum Gasteiger partial charge on any atom is 0.410 e. The molecule has 0 aromatic heterocycles. The second kappa shape index (κ2) is 11.0. The zero-order valence-electron chi connectivity index (χ0n) is 18.2. The molecule has 0 spiro atoms. The van der Waals surface area contributed by atoms with Crippen LogP contribution in [0.5, 0.6) is 0 Å². The molecule has 0 bridgehead atoms. The van der Waals surface area contributed by atoms with Crippen molar-refractivity contribution in [1.82, 2.24) is 20.4 Å². The Kier molecular flexibility index (Phi) is 9.73. The third kappa shape index (κ3) is 10.1. The molecule has 1 heterocycles. The molecule has 0 aliphatic carbocycles. The number of amides is 1. The molecule has 1 aliphatic rings. The number of hydrogen-bond acceptors (Lipinski definition) is 5. The standard InChI is InChI=1S/C19H39N5O2S/c1-18(2,3)26-17(25)24-13-11-23(12-14-24)10-8-9-21-16(20-6)22-15-19(4,5)27-7/h8-15H2,1-7H3,(H2,20,21,22). The summed E-state index contributed by atoms with van der Waals surface area (Å²) in [4.78, 5) is 20.6. The van der Waals surface area contributed by atoms with Crippen molar-refractivity contribution in [3.05, 3.63) is 0 Å². The number of nitrogens with one attached hydrogen (secondary N) is 2. The Morgan fingerprint density at radius 2 is 1.74 bits per heavy atom. The van der Waals surface area contributed by atoms with Gasteiger partial charge in [-0.15, -0.1) is 0 Å². The van der Waals surface area contributed by atoms with Crippen molar-refractivity contribution in [2.75, 3.05) is 59.1 Å². The first-order valence-electron chi connectivity index (χ1n) is 9.76. The quantitative estimate of drug-likeness (QED) is 0.387. The summed E-state index contributed by atoms with van der Waals surface area (Å²) in [5.74, 6) is 0.854. The van der Waals surface area contributed by atoms with Gasteiger partial charge in [0, 0.05) is 51.1 Å². The van der Waals surface area contributed by atoms with Gasteiger partial charge in [-0.3, -0.25) is 9.89 Å². The van der Waals surface area contributed by atoms with Gasteiger partial charge in [-0.1, -0.05) is 0 Å². The van der Waals surface area contributed by atoms with E-state index in [0.29, 0.717) is 0 Å². The number of guanidine groups is 1. The number of piperazine rings is 1. The van der Waals surface area contributed by atoms with Crippen molar-refractivity contribution >= 4 is 23.8 Å². The van der Waals surface area contributed by atoms with Crippen LogP contribution in [0.4, 0.5) is 4.79 Å². The van der Waals surface area contributed by atoms with Gasteiger partial charge in [0.05, 0.1) is 0 Å². The van der Waals surface area contributed by atoms with Crippen molar-refractivity contribution in [2.24, 2.45) is 4.99 Å². The SMILES string of the molecule is CN=C(NCCCN1CCN(C(=O)OC(C)(C)C)CC1)NCC(C)(C)SC. The number of thioether (sulfide) groups is 1. The number of aliphatic imine (C=N–C) groups is 1. The molecule has 0 saturated carbocycles. The largest absolute Gasteiger partial charge is 0.444 e. The minimum atomic E-state index is -0.433. The highest BCUT2D eigenvalue weighted by Gasteiger charge is 2.25. The number of hydrogen-bond donors (Lipinski definition) is 2. The van der Waals surface area contributed by atoms with E-state index in [1.165, 1.54) is 0 Å². The van der Waals surface area contributed by atoms with Crippen LogP contribution in [0.3, 0.4) is 0 Å². The fourth-order valence-electron chi connectivity index (χ4n) is 2.58. The van der Waals surface area contributed by atoms with Crippen LogP contribution in [0.25, 0.3) is 0 Å². The summed E-state index contributed by atoms with van der Waals surface area (Å²) in [5, 5.41) is 6.76. The van der Waals surface area contributed by atoms with E-state index in [0.717, 1.165) is 58.2 Å². The molecule has 1 amide bonds. The van der Waals surface area contributed by atoms with Gasteiger partial charge in [-0.05, 0) is 53.8 Å². The Balaban J connectivity index is 2.20. The van der Waals surface area contributed by atoms with Crippen LogP contribution < -0.4 is 10.6 Å². The van der Waals surface area contributed by atoms with Gasteiger partial charge < -0.3 is 20.3 Å². The average molecular weight is 402 g/mol. The van der Waals surface area contributed by atoms with Gasteiger partial charge in [0.15, 0.2) is 5.96 Å². The smallest absolute Gasteiger partial charge is 0.410 e. The average Bonchev–Trinajstić information content (AvgIpc) is 2.60. The lowest BCUT2D eigenvalue weighted by molar-refractivity contribution is 0.0145. The monoisotopic (exact) mass is 401 g/mol. The number of ether oxygens (including phenoxy) is 1. The molecule has 0 atom stereocenters. The number of nitrogens with zero attached hydrogens (tertiary/aromatic N) is 3. The fourth-order valence-corrected chi connectivity index (χ4v) is 2.80. The van der Waals surface area contributed by atoms with Crippen molar-refractivity contribution in [3.63, 3.8) is 0 Å². The normalized spacial score (nSPS) is 17.0. The Bertz CT molecular complexity index is 483. The maximum absolute atomic E-state index is 12.1. The lowest BCUT2D eigenvalue weighted by Gasteiger charge is -2.35. The van der Waals surface area contributed by atoms with Crippen LogP contribution in [-0.2, 0) is 4.74 Å². The van der Waals surface area contributed by atoms with Crippen LogP contribution in [0, 0.1) is 0 Å². The van der Waals surface area contributed by atoms with Crippen molar-refractivity contribution in [2.45, 2.75) is 51.4 Å². The number of carbonyl (C=O) groups is 1. The fraction of sp³-hybridized carbons (Fsp3) is 0.895. The summed E-state index contributed by atoms with van der Waals surface area (Å²) in [6, 6.07) is 0. The first-order chi connectivity index (χ1) is 12.6. The molecule has 8 heteroatoms. The molecule has 1 aliphatic heterocycles. The van der Waals surface area contributed by atoms with E-state index in [1.807, 2.05) is 32.5 Å². The van der Waals surface area contributed by atoms with E-state index in [4.69, 9.17) is 4.74 Å². The first kappa shape index (κ1) is 23.9. The summed E-state index contributed by atoms with van der Waals surface area (Å²) < 4.78 is 5.63. The molecular weight excluding hydrogens is 362 g/mol. The van der Waals surface area contributed by atoms with Crippen LogP contribution in [0.2, 0.25) is 0 Å². The van der Waals surface area contributed by atoms with E-state index in [-0.39, 0.29) is 10.8 Å². The predicted octanol–water partition coefficient (Wildman–Crippen LogP) is 2.24. The molecule has 0 aromatic carbocycles. The van der Waals surface area contributed by atoms with Crippen LogP contribution in [-0.4, -0.2) is 91.3 Å². The minimum Gasteiger partial charge on any atom is -0.444 e. The third-order valence-corrected chi connectivity index (χ3v) is 5.67. The lowest BCUT2D eigenvalue weighted by Crippen LogP contribution is -2.50. The van der Waals surface area contributed by atoms with Gasteiger partial charge in [0.25, 0.3) is 0 Å². The highest BCUT2D eigenvalue weighted by molar-refractivity contribution is 7.99. The molecule has 0 unspecified atom stereocenters. The zero-order chi connectivity index (χ0) is 20.5. The van der Waals surface area contributed by atoms with Crippen molar-refractivity contribution in [3.8, 4) is 0 Å². The summed E-state index contributed by atoms with van der Waals surface area (Å²) in [5.41, 5.74) is -0.433. The molecule has 2 N–H and O–H groups in total. The molecule has 27 heavy (non-hydrogen) atoms. The first-order valence-corrected chi connectivity index (χ1v) is 11.0. The minimum absolute atomic E-state index is 0.186. The van der Waals surface area contributed by atoms with E-state index in [2.05, 4.69) is 40.6 Å². The Morgan fingerprint density at radius 3 is 2.26 bits per heavy atom. The van der Waals surface area contributed by atoms with Gasteiger partial charge >= 0.3 is 6.09 Å². The molecule has 1 fully saturated rings. The van der Waals surface area contributed by atoms with Crippen molar-refractivity contribution < 1.29 is 9.53 Å². The summed E-state index contributed by atoms with van der Waals surface area (Å²) in [6.45, 7) is 16.2. The predicted molar refractivity (Wildman–Crippen MR) is 116 cm³/mol. The Labute approximate surface area is 169 Å². The third-order valence-electron chi connectivity index (χ3n) is 4.43. The van der Waals surface area contributed by atoms with Gasteiger partial charge in [-0.25, -0.2) is 4.79 Å². The topological polar surface area (TPSA) is 69.2 Å². The second-order valence-corrected chi connectivity index (χ2v) is 9.99. The Hall–Kier alpha value is -1.15. The van der Waals surface area contributed by atoms with Crippen molar-refractivity contribution in [1.29, 1.82) is 0 Å². The molecule has 1 saturated heterocycles. The van der Waals surface area contributed by atoms with E-state index < -0.39 is 5.60 Å². The highest BCUT2D eigenvalue weighted by Crippen LogP contribution is 2.19. The van der Waals surface area contributed by atoms with Gasteiger partial charge in [0.2, 0.25) is 0 Å². The highest BCUT2D eigenvalue weighted by atomic mass is 32.2. The summed E-state index contributed by atoms with van der Waals surface area (Å²) in [7, 11) is 1.80. The molecule has 158 valence electrons. The van der Waals surface area contributed by atoms with Crippen LogP contribution >= 0.6 is 11.8 Å².